The lowest BCUT2D eigenvalue weighted by Gasteiger charge is -2.12. The number of nitrogens with one attached hydrogen (secondary N) is 1. The zero-order valence-corrected chi connectivity index (χ0v) is 11.4. The van der Waals surface area contributed by atoms with E-state index in [-0.39, 0.29) is 0 Å². The van der Waals surface area contributed by atoms with Gasteiger partial charge in [-0.25, -0.2) is 4.98 Å². The molecule has 1 aromatic rings. The van der Waals surface area contributed by atoms with Gasteiger partial charge in [0.05, 0.1) is 10.7 Å². The maximum atomic E-state index is 4.47. The number of hydrogen-bond acceptors (Lipinski definition) is 3. The number of thiazole rings is 1. The molecule has 16 heavy (non-hydrogen) atoms. The second kappa shape index (κ2) is 5.28. The monoisotopic (exact) mass is 238 g/mol. The van der Waals surface area contributed by atoms with E-state index in [1.54, 1.807) is 0 Å². The van der Waals surface area contributed by atoms with Crippen molar-refractivity contribution in [2.24, 2.45) is 5.92 Å². The smallest absolute Gasteiger partial charge is 0.0900 e. The van der Waals surface area contributed by atoms with Crippen molar-refractivity contribution in [1.29, 1.82) is 0 Å². The summed E-state index contributed by atoms with van der Waals surface area (Å²) in [4.78, 5) is 5.88. The average Bonchev–Trinajstić information content (AvgIpc) is 2.82. The fourth-order valence-electron chi connectivity index (χ4n) is 2.61. The predicted octanol–water partition coefficient (Wildman–Crippen LogP) is 3.43. The summed E-state index contributed by atoms with van der Waals surface area (Å²) in [7, 11) is 0. The molecule has 0 saturated heterocycles. The largest absolute Gasteiger partial charge is 0.309 e. The summed E-state index contributed by atoms with van der Waals surface area (Å²) in [5, 5.41) is 4.87. The van der Waals surface area contributed by atoms with Crippen molar-refractivity contribution in [3.8, 4) is 0 Å². The molecule has 2 nitrogen and oxygen atoms in total. The van der Waals surface area contributed by atoms with Gasteiger partial charge in [-0.1, -0.05) is 13.3 Å². The summed E-state index contributed by atoms with van der Waals surface area (Å²) >= 11 is 1.83. The highest BCUT2D eigenvalue weighted by atomic mass is 32.1. The second-order valence-electron chi connectivity index (χ2n) is 4.91. The fraction of sp³-hybridized carbons (Fsp3) is 0.769. The molecule has 1 aromatic heterocycles. The van der Waals surface area contributed by atoms with Gasteiger partial charge >= 0.3 is 0 Å². The quantitative estimate of drug-likeness (QED) is 0.869. The van der Waals surface area contributed by atoms with Gasteiger partial charge in [0.2, 0.25) is 0 Å². The Morgan fingerprint density at radius 3 is 2.75 bits per heavy atom. The average molecular weight is 238 g/mol. The van der Waals surface area contributed by atoms with Crippen LogP contribution in [0.25, 0.3) is 0 Å². The third-order valence-electron chi connectivity index (χ3n) is 3.67. The van der Waals surface area contributed by atoms with E-state index < -0.39 is 0 Å². The van der Waals surface area contributed by atoms with Crippen LogP contribution in [-0.2, 0) is 6.54 Å². The van der Waals surface area contributed by atoms with Crippen LogP contribution in [0, 0.1) is 19.8 Å². The van der Waals surface area contributed by atoms with Gasteiger partial charge in [-0.3, -0.25) is 0 Å². The van der Waals surface area contributed by atoms with Crippen LogP contribution >= 0.6 is 11.3 Å². The molecule has 1 fully saturated rings. The summed E-state index contributed by atoms with van der Waals surface area (Å²) < 4.78 is 0. The van der Waals surface area contributed by atoms with E-state index in [1.165, 1.54) is 41.3 Å². The third-order valence-corrected chi connectivity index (χ3v) is 4.74. The Morgan fingerprint density at radius 1 is 1.38 bits per heavy atom. The first-order chi connectivity index (χ1) is 7.69. The van der Waals surface area contributed by atoms with E-state index in [4.69, 9.17) is 0 Å². The lowest BCUT2D eigenvalue weighted by atomic mass is 10.1. The summed E-state index contributed by atoms with van der Waals surface area (Å²) in [6.45, 7) is 7.52. The van der Waals surface area contributed by atoms with E-state index in [2.05, 4.69) is 31.1 Å². The van der Waals surface area contributed by atoms with Gasteiger partial charge in [-0.2, -0.15) is 0 Å². The zero-order valence-electron chi connectivity index (χ0n) is 10.5. The minimum absolute atomic E-state index is 0.742. The Morgan fingerprint density at radius 2 is 2.19 bits per heavy atom. The molecule has 1 N–H and O–H groups in total. The lowest BCUT2D eigenvalue weighted by molar-refractivity contribution is 0.477. The van der Waals surface area contributed by atoms with Crippen LogP contribution in [0.5, 0.6) is 0 Å². The van der Waals surface area contributed by atoms with Crippen molar-refractivity contribution in [3.63, 3.8) is 0 Å². The Labute approximate surface area is 102 Å². The molecular weight excluding hydrogens is 216 g/mol. The lowest BCUT2D eigenvalue weighted by Crippen LogP contribution is -2.25. The van der Waals surface area contributed by atoms with Gasteiger partial charge in [-0.05, 0) is 39.0 Å². The van der Waals surface area contributed by atoms with Gasteiger partial charge in [-0.15, -0.1) is 11.3 Å². The van der Waals surface area contributed by atoms with E-state index >= 15 is 0 Å². The SMILES string of the molecule is CCC1CCC(NCc2sc(C)nc2C)C1. The van der Waals surface area contributed by atoms with E-state index in [1.807, 2.05) is 11.3 Å². The van der Waals surface area contributed by atoms with Crippen molar-refractivity contribution >= 4 is 11.3 Å². The topological polar surface area (TPSA) is 24.9 Å². The molecule has 2 rings (SSSR count). The van der Waals surface area contributed by atoms with Crippen LogP contribution < -0.4 is 5.32 Å². The highest BCUT2D eigenvalue weighted by Crippen LogP contribution is 2.28. The summed E-state index contributed by atoms with van der Waals surface area (Å²) in [5.74, 6) is 0.960. The van der Waals surface area contributed by atoms with Crippen LogP contribution in [0.2, 0.25) is 0 Å². The minimum atomic E-state index is 0.742. The molecule has 0 bridgehead atoms. The van der Waals surface area contributed by atoms with E-state index in [9.17, 15) is 0 Å². The Kier molecular flexibility index (Phi) is 3.98. The molecule has 1 aliphatic rings. The second-order valence-corrected chi connectivity index (χ2v) is 6.19. The zero-order chi connectivity index (χ0) is 11.5. The molecule has 1 aliphatic carbocycles. The molecule has 3 heteroatoms. The molecular formula is C13H22N2S. The van der Waals surface area contributed by atoms with Crippen LogP contribution in [-0.4, -0.2) is 11.0 Å². The number of rotatable bonds is 4. The number of aromatic nitrogens is 1. The van der Waals surface area contributed by atoms with Crippen molar-refractivity contribution in [2.75, 3.05) is 0 Å². The summed E-state index contributed by atoms with van der Waals surface area (Å²) in [5.41, 5.74) is 1.21. The van der Waals surface area contributed by atoms with E-state index in [0.717, 1.165) is 18.5 Å². The molecule has 2 unspecified atom stereocenters. The highest BCUT2D eigenvalue weighted by molar-refractivity contribution is 7.11. The van der Waals surface area contributed by atoms with Crippen LogP contribution in [0.4, 0.5) is 0 Å². The number of hydrogen-bond donors (Lipinski definition) is 1. The minimum Gasteiger partial charge on any atom is -0.309 e. The van der Waals surface area contributed by atoms with Crippen LogP contribution in [0.3, 0.4) is 0 Å². The number of nitrogens with zero attached hydrogens (tertiary/aromatic N) is 1. The molecule has 0 aliphatic heterocycles. The molecule has 0 amide bonds. The van der Waals surface area contributed by atoms with Gasteiger partial charge in [0.25, 0.3) is 0 Å². The van der Waals surface area contributed by atoms with E-state index in [0.29, 0.717) is 0 Å². The molecule has 1 heterocycles. The number of aryl methyl sites for hydroxylation is 2. The fourth-order valence-corrected chi connectivity index (χ4v) is 3.49. The first-order valence-electron chi connectivity index (χ1n) is 6.35. The molecule has 2 atom stereocenters. The normalized spacial score (nSPS) is 25.2. The van der Waals surface area contributed by atoms with Crippen molar-refractivity contribution in [3.05, 3.63) is 15.6 Å². The van der Waals surface area contributed by atoms with Crippen LogP contribution in [0.15, 0.2) is 0 Å². The summed E-state index contributed by atoms with van der Waals surface area (Å²) in [6.07, 6.45) is 5.48. The molecule has 0 spiro atoms. The van der Waals surface area contributed by atoms with Gasteiger partial charge in [0.1, 0.15) is 0 Å². The van der Waals surface area contributed by atoms with Crippen molar-refractivity contribution < 1.29 is 0 Å². The van der Waals surface area contributed by atoms with Gasteiger partial charge < -0.3 is 5.32 Å². The predicted molar refractivity (Wildman–Crippen MR) is 69.8 cm³/mol. The molecule has 0 radical (unpaired) electrons. The molecule has 90 valence electrons. The van der Waals surface area contributed by atoms with Crippen molar-refractivity contribution in [1.82, 2.24) is 10.3 Å². The first kappa shape index (κ1) is 12.1. The first-order valence-corrected chi connectivity index (χ1v) is 7.17. The highest BCUT2D eigenvalue weighted by Gasteiger charge is 2.22. The Balaban J connectivity index is 1.82. The summed E-state index contributed by atoms with van der Waals surface area (Å²) in [6, 6.07) is 0.742. The van der Waals surface area contributed by atoms with Crippen molar-refractivity contribution in [2.45, 2.75) is 59.0 Å². The van der Waals surface area contributed by atoms with Gasteiger partial charge in [0.15, 0.2) is 0 Å². The standard InChI is InChI=1S/C13H22N2S/c1-4-11-5-6-12(7-11)14-8-13-9(2)15-10(3)16-13/h11-12,14H,4-8H2,1-3H3. The molecule has 0 aromatic carbocycles. The van der Waals surface area contributed by atoms with Crippen LogP contribution in [0.1, 0.15) is 48.2 Å². The van der Waals surface area contributed by atoms with Gasteiger partial charge in [0, 0.05) is 17.5 Å². The third kappa shape index (κ3) is 2.83. The Hall–Kier alpha value is -0.410. The Bertz CT molecular complexity index is 346. The maximum Gasteiger partial charge on any atom is 0.0900 e. The molecule has 1 saturated carbocycles. The maximum absolute atomic E-state index is 4.47.